The largest absolute Gasteiger partial charge is 0.458 e. The maximum absolute atomic E-state index is 13.4. The Balaban J connectivity index is 3.56. The van der Waals surface area contributed by atoms with Gasteiger partial charge in [0.25, 0.3) is 0 Å². The zero-order chi connectivity index (χ0) is 25.6. The fraction of sp³-hybridized carbons (Fsp3) is 0.720. The Morgan fingerprint density at radius 1 is 1.15 bits per heavy atom. The van der Waals surface area contributed by atoms with Crippen molar-refractivity contribution in [3.05, 3.63) is 24.8 Å². The molecule has 0 unspecified atom stereocenters. The number of likely N-dealkylation sites (tertiary alicyclic amines) is 1. The Morgan fingerprint density at radius 2 is 1.73 bits per heavy atom. The van der Waals surface area contributed by atoms with Crippen molar-refractivity contribution in [2.45, 2.75) is 110 Å². The van der Waals surface area contributed by atoms with Gasteiger partial charge in [0, 0.05) is 12.8 Å². The second-order valence-electron chi connectivity index (χ2n) is 10.5. The van der Waals surface area contributed by atoms with Crippen molar-refractivity contribution < 1.29 is 29.0 Å². The lowest BCUT2D eigenvalue weighted by atomic mass is 9.88. The van der Waals surface area contributed by atoms with Crippen LogP contribution in [0.15, 0.2) is 24.8 Å². The molecule has 0 spiro atoms. The summed E-state index contributed by atoms with van der Waals surface area (Å²) in [5.41, 5.74) is -1.55. The lowest BCUT2D eigenvalue weighted by Crippen LogP contribution is -2.60. The fourth-order valence-corrected chi connectivity index (χ4v) is 4.06. The van der Waals surface area contributed by atoms with Gasteiger partial charge in [0.05, 0.1) is 18.2 Å². The zero-order valence-corrected chi connectivity index (χ0v) is 21.4. The topological polar surface area (TPSA) is 105 Å². The molecule has 33 heavy (non-hydrogen) atoms. The first-order valence-electron chi connectivity index (χ1n) is 11.5. The number of ether oxygens (including phenoxy) is 2. The van der Waals surface area contributed by atoms with Gasteiger partial charge in [-0.15, -0.1) is 6.58 Å². The number of allylic oxidation sites excluding steroid dienone is 2. The van der Waals surface area contributed by atoms with Crippen molar-refractivity contribution in [3.8, 4) is 0 Å². The van der Waals surface area contributed by atoms with Crippen molar-refractivity contribution in [1.82, 2.24) is 10.2 Å². The highest BCUT2D eigenvalue weighted by Gasteiger charge is 2.53. The van der Waals surface area contributed by atoms with E-state index in [0.29, 0.717) is 12.8 Å². The summed E-state index contributed by atoms with van der Waals surface area (Å²) in [7, 11) is 0. The van der Waals surface area contributed by atoms with Crippen molar-refractivity contribution in [2.75, 3.05) is 0 Å². The Bertz CT molecular complexity index is 734. The molecule has 2 amide bonds. The number of nitrogens with one attached hydrogen (secondary N) is 1. The lowest BCUT2D eigenvalue weighted by Gasteiger charge is -2.39. The molecule has 0 aromatic heterocycles. The number of amides is 2. The molecule has 0 bridgehead atoms. The lowest BCUT2D eigenvalue weighted by molar-refractivity contribution is -0.160. The molecule has 1 aliphatic heterocycles. The van der Waals surface area contributed by atoms with Gasteiger partial charge in [-0.3, -0.25) is 9.69 Å². The van der Waals surface area contributed by atoms with E-state index in [1.165, 1.54) is 11.8 Å². The zero-order valence-electron chi connectivity index (χ0n) is 21.4. The molecule has 1 rings (SSSR count). The molecule has 188 valence electrons. The second kappa shape index (κ2) is 11.7. The van der Waals surface area contributed by atoms with Gasteiger partial charge in [-0.2, -0.15) is 0 Å². The van der Waals surface area contributed by atoms with Gasteiger partial charge >= 0.3 is 12.1 Å². The maximum atomic E-state index is 13.4. The standard InChI is InChI=1S/C25H42N2O6/c1-10-12-14-19(29)20(26-16(3)28)21-17(13-11-2)15-18(22(30)32-24(4,5)6)27(21)23(31)33-25(7,8)9/h10-11,13,17-21,29H,1,12,14-15H2,2-9H3,(H,26,28)/t17-,18+,19-,20+,21-/m1/s1. The molecule has 2 N–H and O–H groups in total. The van der Waals surface area contributed by atoms with Crippen LogP contribution in [0.4, 0.5) is 4.79 Å². The first-order valence-corrected chi connectivity index (χ1v) is 11.5. The van der Waals surface area contributed by atoms with Crippen LogP contribution in [0.25, 0.3) is 0 Å². The number of nitrogens with zero attached hydrogens (tertiary/aromatic N) is 1. The SMILES string of the molecule is C=CCC[C@@H](O)[C@H](NC(C)=O)[C@H]1[C@H](C=CC)C[C@@H](C(=O)OC(C)(C)C)N1C(=O)OC(C)(C)C. The molecule has 1 saturated heterocycles. The highest BCUT2D eigenvalue weighted by Crippen LogP contribution is 2.37. The van der Waals surface area contributed by atoms with E-state index >= 15 is 0 Å². The number of hydrogen-bond donors (Lipinski definition) is 2. The number of hydrogen-bond acceptors (Lipinski definition) is 6. The number of carbonyl (C=O) groups excluding carboxylic acids is 3. The molecule has 0 radical (unpaired) electrons. The van der Waals surface area contributed by atoms with Gasteiger partial charge in [-0.05, 0) is 67.7 Å². The van der Waals surface area contributed by atoms with Gasteiger partial charge in [0.2, 0.25) is 5.91 Å². The molecule has 1 aliphatic rings. The molecule has 8 heteroatoms. The van der Waals surface area contributed by atoms with Crippen molar-refractivity contribution in [2.24, 2.45) is 5.92 Å². The predicted octanol–water partition coefficient (Wildman–Crippen LogP) is 3.73. The summed E-state index contributed by atoms with van der Waals surface area (Å²) < 4.78 is 11.3. The third kappa shape index (κ3) is 8.84. The van der Waals surface area contributed by atoms with E-state index in [2.05, 4.69) is 11.9 Å². The Kier molecular flexibility index (Phi) is 10.2. The van der Waals surface area contributed by atoms with Gasteiger partial charge < -0.3 is 19.9 Å². The first-order chi connectivity index (χ1) is 15.1. The molecular weight excluding hydrogens is 424 g/mol. The minimum atomic E-state index is -0.966. The Hall–Kier alpha value is -2.35. The van der Waals surface area contributed by atoms with E-state index in [1.807, 2.05) is 19.1 Å². The van der Waals surface area contributed by atoms with E-state index in [9.17, 15) is 19.5 Å². The van der Waals surface area contributed by atoms with Crippen molar-refractivity contribution >= 4 is 18.0 Å². The van der Waals surface area contributed by atoms with Gasteiger partial charge in [-0.25, -0.2) is 9.59 Å². The molecule has 5 atom stereocenters. The third-order valence-electron chi connectivity index (χ3n) is 5.13. The molecule has 1 fully saturated rings. The first kappa shape index (κ1) is 28.7. The van der Waals surface area contributed by atoms with E-state index in [-0.39, 0.29) is 18.2 Å². The Morgan fingerprint density at radius 3 is 2.18 bits per heavy atom. The fourth-order valence-electron chi connectivity index (χ4n) is 4.06. The van der Waals surface area contributed by atoms with Crippen LogP contribution in [0, 0.1) is 5.92 Å². The smallest absolute Gasteiger partial charge is 0.411 e. The third-order valence-corrected chi connectivity index (χ3v) is 5.13. The van der Waals surface area contributed by atoms with Crippen LogP contribution < -0.4 is 5.32 Å². The number of rotatable bonds is 8. The van der Waals surface area contributed by atoms with Crippen molar-refractivity contribution in [3.63, 3.8) is 0 Å². The van der Waals surface area contributed by atoms with Gasteiger partial charge in [0.15, 0.2) is 0 Å². The van der Waals surface area contributed by atoms with E-state index in [1.54, 1.807) is 47.6 Å². The van der Waals surface area contributed by atoms with Crippen LogP contribution in [-0.4, -0.2) is 63.4 Å². The summed E-state index contributed by atoms with van der Waals surface area (Å²) in [5, 5.41) is 13.8. The maximum Gasteiger partial charge on any atom is 0.411 e. The van der Waals surface area contributed by atoms with Gasteiger partial charge in [0.1, 0.15) is 17.2 Å². The number of carbonyl (C=O) groups is 3. The van der Waals surface area contributed by atoms with Crippen LogP contribution in [0.5, 0.6) is 0 Å². The Labute approximate surface area is 198 Å². The van der Waals surface area contributed by atoms with E-state index < -0.39 is 47.5 Å². The monoisotopic (exact) mass is 466 g/mol. The molecule has 0 saturated carbocycles. The van der Waals surface area contributed by atoms with Crippen LogP contribution in [0.3, 0.4) is 0 Å². The predicted molar refractivity (Wildman–Crippen MR) is 127 cm³/mol. The number of esters is 1. The van der Waals surface area contributed by atoms with Crippen LogP contribution >= 0.6 is 0 Å². The summed E-state index contributed by atoms with van der Waals surface area (Å²) in [4.78, 5) is 40.0. The van der Waals surface area contributed by atoms with Crippen LogP contribution in [-0.2, 0) is 19.1 Å². The number of aliphatic hydroxyl groups is 1. The van der Waals surface area contributed by atoms with E-state index in [0.717, 1.165) is 0 Å². The molecule has 0 aromatic carbocycles. The molecule has 0 aromatic rings. The highest BCUT2D eigenvalue weighted by atomic mass is 16.6. The molecule has 1 heterocycles. The average molecular weight is 467 g/mol. The number of aliphatic hydroxyl groups excluding tert-OH is 1. The summed E-state index contributed by atoms with van der Waals surface area (Å²) in [6.07, 6.45) is 4.90. The van der Waals surface area contributed by atoms with E-state index in [4.69, 9.17) is 9.47 Å². The second-order valence-corrected chi connectivity index (χ2v) is 10.5. The quantitative estimate of drug-likeness (QED) is 0.417. The van der Waals surface area contributed by atoms with Crippen molar-refractivity contribution in [1.29, 1.82) is 0 Å². The minimum Gasteiger partial charge on any atom is -0.458 e. The summed E-state index contributed by atoms with van der Waals surface area (Å²) >= 11 is 0. The summed E-state index contributed by atoms with van der Waals surface area (Å²) in [6.45, 7) is 17.4. The summed E-state index contributed by atoms with van der Waals surface area (Å²) in [6, 6.07) is -2.45. The van der Waals surface area contributed by atoms with Crippen LogP contribution in [0.1, 0.15) is 74.7 Å². The summed E-state index contributed by atoms with van der Waals surface area (Å²) in [5.74, 6) is -1.20. The molecular formula is C25H42N2O6. The van der Waals surface area contributed by atoms with Crippen LogP contribution in [0.2, 0.25) is 0 Å². The molecule has 0 aliphatic carbocycles. The van der Waals surface area contributed by atoms with Gasteiger partial charge in [-0.1, -0.05) is 18.2 Å². The normalized spacial score (nSPS) is 23.2. The molecule has 8 nitrogen and oxygen atoms in total. The average Bonchev–Trinajstić information content (AvgIpc) is 3.01. The highest BCUT2D eigenvalue weighted by molar-refractivity contribution is 5.83. The minimum absolute atomic E-state index is 0.285.